The Labute approximate surface area is 157 Å². The summed E-state index contributed by atoms with van der Waals surface area (Å²) in [5.41, 5.74) is 0.666. The Morgan fingerprint density at radius 1 is 1.42 bits per heavy atom. The normalized spacial score (nSPS) is 23.1. The quantitative estimate of drug-likeness (QED) is 0.846. The van der Waals surface area contributed by atoms with Crippen LogP contribution < -0.4 is 5.32 Å². The Morgan fingerprint density at radius 3 is 2.85 bits per heavy atom. The van der Waals surface area contributed by atoms with Gasteiger partial charge in [0.15, 0.2) is 10.9 Å². The molecule has 3 rings (SSSR count). The van der Waals surface area contributed by atoms with Crippen molar-refractivity contribution in [2.75, 3.05) is 25.6 Å². The highest BCUT2D eigenvalue weighted by Crippen LogP contribution is 2.38. The molecule has 26 heavy (non-hydrogen) atoms. The number of anilines is 1. The fraction of sp³-hybridized carbons (Fsp3) is 0.667. The summed E-state index contributed by atoms with van der Waals surface area (Å²) in [7, 11) is 1.59. The number of ether oxygens (including phenoxy) is 1. The smallest absolute Gasteiger partial charge is 0.231 e. The first-order chi connectivity index (χ1) is 12.2. The summed E-state index contributed by atoms with van der Waals surface area (Å²) in [6, 6.07) is -0.0580. The van der Waals surface area contributed by atoms with Crippen LogP contribution in [0.5, 0.6) is 0 Å². The Balaban J connectivity index is 1.66. The van der Waals surface area contributed by atoms with Crippen molar-refractivity contribution >= 4 is 34.1 Å². The van der Waals surface area contributed by atoms with Crippen LogP contribution in [0, 0.1) is 11.3 Å². The second kappa shape index (κ2) is 7.08. The minimum absolute atomic E-state index is 0.0370. The van der Waals surface area contributed by atoms with Crippen molar-refractivity contribution in [3.63, 3.8) is 0 Å². The number of amides is 2. The fourth-order valence-electron chi connectivity index (χ4n) is 3.65. The number of hydrogen-bond donors (Lipinski definition) is 1. The van der Waals surface area contributed by atoms with Crippen LogP contribution >= 0.6 is 11.3 Å². The van der Waals surface area contributed by atoms with Gasteiger partial charge in [-0.05, 0) is 18.8 Å². The highest BCUT2D eigenvalue weighted by molar-refractivity contribution is 7.17. The van der Waals surface area contributed by atoms with E-state index in [0.29, 0.717) is 29.6 Å². The van der Waals surface area contributed by atoms with Gasteiger partial charge in [-0.15, -0.1) is 0 Å². The summed E-state index contributed by atoms with van der Waals surface area (Å²) in [5, 5.41) is 3.25. The SMILES string of the molecule is COC[C@@H](C)N1C[C@H](C(=O)Nc2nc3c(s2)C(=O)CC(C)(C)C3)CC1=O. The highest BCUT2D eigenvalue weighted by atomic mass is 32.1. The number of aromatic nitrogens is 1. The maximum atomic E-state index is 12.6. The van der Waals surface area contributed by atoms with E-state index in [0.717, 1.165) is 12.1 Å². The lowest BCUT2D eigenvalue weighted by atomic mass is 9.78. The van der Waals surface area contributed by atoms with E-state index in [1.165, 1.54) is 11.3 Å². The Morgan fingerprint density at radius 2 is 2.15 bits per heavy atom. The van der Waals surface area contributed by atoms with Crippen molar-refractivity contribution in [1.29, 1.82) is 0 Å². The zero-order chi connectivity index (χ0) is 19.1. The Kier molecular flexibility index (Phi) is 5.16. The van der Waals surface area contributed by atoms with E-state index in [1.54, 1.807) is 12.0 Å². The van der Waals surface area contributed by atoms with Crippen molar-refractivity contribution in [2.45, 2.75) is 46.1 Å². The van der Waals surface area contributed by atoms with Crippen LogP contribution in [0.1, 0.15) is 49.0 Å². The molecule has 1 aliphatic carbocycles. The van der Waals surface area contributed by atoms with Gasteiger partial charge in [-0.1, -0.05) is 25.2 Å². The highest BCUT2D eigenvalue weighted by Gasteiger charge is 2.38. The lowest BCUT2D eigenvalue weighted by Crippen LogP contribution is -2.38. The van der Waals surface area contributed by atoms with Gasteiger partial charge < -0.3 is 15.0 Å². The summed E-state index contributed by atoms with van der Waals surface area (Å²) in [5.74, 6) is -0.576. The standard InChI is InChI=1S/C18H25N3O4S/c1-10(9-25-4)21-8-11(5-14(21)23)16(24)20-17-19-12-6-18(2,3)7-13(22)15(12)26-17/h10-11H,5-9H2,1-4H3,(H,19,20,24)/t10-,11-/m1/s1. The number of likely N-dealkylation sites (tertiary alicyclic amines) is 1. The van der Waals surface area contributed by atoms with Gasteiger partial charge in [-0.3, -0.25) is 14.4 Å². The van der Waals surface area contributed by atoms with E-state index in [1.807, 2.05) is 20.8 Å². The largest absolute Gasteiger partial charge is 0.383 e. The molecule has 2 aliphatic rings. The lowest BCUT2D eigenvalue weighted by molar-refractivity contribution is -0.130. The van der Waals surface area contributed by atoms with E-state index >= 15 is 0 Å². The summed E-state index contributed by atoms with van der Waals surface area (Å²) in [6.07, 6.45) is 1.42. The summed E-state index contributed by atoms with van der Waals surface area (Å²) in [4.78, 5) is 43.8. The van der Waals surface area contributed by atoms with Crippen LogP contribution in [0.3, 0.4) is 0 Å². The molecule has 0 aromatic carbocycles. The van der Waals surface area contributed by atoms with Crippen molar-refractivity contribution < 1.29 is 19.1 Å². The van der Waals surface area contributed by atoms with E-state index in [2.05, 4.69) is 10.3 Å². The number of hydrogen-bond acceptors (Lipinski definition) is 6. The number of ketones is 1. The zero-order valence-corrected chi connectivity index (χ0v) is 16.4. The number of thiazole rings is 1. The summed E-state index contributed by atoms with van der Waals surface area (Å²) in [6.45, 7) is 6.82. The molecule has 1 aliphatic heterocycles. The number of nitrogens with zero attached hydrogens (tertiary/aromatic N) is 2. The molecule has 7 nitrogen and oxygen atoms in total. The lowest BCUT2D eigenvalue weighted by Gasteiger charge is -2.26. The van der Waals surface area contributed by atoms with Crippen molar-refractivity contribution in [1.82, 2.24) is 9.88 Å². The molecule has 0 unspecified atom stereocenters. The van der Waals surface area contributed by atoms with E-state index in [9.17, 15) is 14.4 Å². The molecular weight excluding hydrogens is 354 g/mol. The third kappa shape index (κ3) is 3.81. The average molecular weight is 379 g/mol. The number of methoxy groups -OCH3 is 1. The maximum absolute atomic E-state index is 12.6. The molecule has 0 spiro atoms. The summed E-state index contributed by atoms with van der Waals surface area (Å²) < 4.78 is 5.09. The van der Waals surface area contributed by atoms with E-state index in [-0.39, 0.29) is 35.5 Å². The number of carbonyl (C=O) groups is 3. The molecule has 0 saturated carbocycles. The summed E-state index contributed by atoms with van der Waals surface area (Å²) >= 11 is 1.24. The van der Waals surface area contributed by atoms with Crippen LogP contribution in [-0.2, 0) is 20.7 Å². The van der Waals surface area contributed by atoms with Crippen molar-refractivity contribution in [2.24, 2.45) is 11.3 Å². The second-order valence-electron chi connectivity index (χ2n) is 7.98. The first-order valence-electron chi connectivity index (χ1n) is 8.82. The molecule has 142 valence electrons. The zero-order valence-electron chi connectivity index (χ0n) is 15.6. The molecule has 2 heterocycles. The van der Waals surface area contributed by atoms with Crippen LogP contribution in [0.2, 0.25) is 0 Å². The van der Waals surface area contributed by atoms with Crippen LogP contribution in [0.15, 0.2) is 0 Å². The molecule has 8 heteroatoms. The van der Waals surface area contributed by atoms with Gasteiger partial charge in [0.2, 0.25) is 11.8 Å². The van der Waals surface area contributed by atoms with Gasteiger partial charge in [0, 0.05) is 26.5 Å². The third-order valence-electron chi connectivity index (χ3n) is 4.94. The van der Waals surface area contributed by atoms with Gasteiger partial charge in [0.1, 0.15) is 0 Å². The van der Waals surface area contributed by atoms with Crippen LogP contribution in [0.25, 0.3) is 0 Å². The molecule has 2 amide bonds. The number of Topliss-reactive ketones (excluding diaryl/α,β-unsaturated/α-hetero) is 1. The first-order valence-corrected chi connectivity index (χ1v) is 9.64. The molecule has 0 radical (unpaired) electrons. The monoisotopic (exact) mass is 379 g/mol. The van der Waals surface area contributed by atoms with Gasteiger partial charge in [-0.25, -0.2) is 4.98 Å². The van der Waals surface area contributed by atoms with E-state index in [4.69, 9.17) is 4.74 Å². The van der Waals surface area contributed by atoms with Crippen molar-refractivity contribution in [3.8, 4) is 0 Å². The Bertz CT molecular complexity index is 743. The molecule has 1 fully saturated rings. The third-order valence-corrected chi connectivity index (χ3v) is 5.99. The predicted molar refractivity (Wildman–Crippen MR) is 98.3 cm³/mol. The number of fused-ring (bicyclic) bond motifs is 1. The van der Waals surface area contributed by atoms with Gasteiger partial charge in [0.25, 0.3) is 0 Å². The molecule has 1 aromatic heterocycles. The van der Waals surface area contributed by atoms with Crippen molar-refractivity contribution in [3.05, 3.63) is 10.6 Å². The average Bonchev–Trinajstić information content (AvgIpc) is 3.10. The fourth-order valence-corrected chi connectivity index (χ4v) is 4.57. The van der Waals surface area contributed by atoms with Gasteiger partial charge >= 0.3 is 0 Å². The molecular formula is C18H25N3O4S. The molecule has 2 atom stereocenters. The predicted octanol–water partition coefficient (Wildman–Crippen LogP) is 2.12. The van der Waals surface area contributed by atoms with Crippen LogP contribution in [0.4, 0.5) is 5.13 Å². The number of carbonyl (C=O) groups excluding carboxylic acids is 3. The molecule has 1 saturated heterocycles. The van der Waals surface area contributed by atoms with Crippen LogP contribution in [-0.4, -0.2) is 53.8 Å². The molecule has 0 bridgehead atoms. The minimum atomic E-state index is -0.408. The first kappa shape index (κ1) is 19.0. The van der Waals surface area contributed by atoms with E-state index < -0.39 is 5.92 Å². The van der Waals surface area contributed by atoms with Gasteiger partial charge in [0.05, 0.1) is 29.1 Å². The molecule has 1 aromatic rings. The second-order valence-corrected chi connectivity index (χ2v) is 8.98. The topological polar surface area (TPSA) is 88.6 Å². The number of nitrogens with one attached hydrogen (secondary N) is 1. The molecule has 1 N–H and O–H groups in total. The number of rotatable bonds is 5. The Hall–Kier alpha value is -1.80. The van der Waals surface area contributed by atoms with Gasteiger partial charge in [-0.2, -0.15) is 0 Å². The minimum Gasteiger partial charge on any atom is -0.383 e. The maximum Gasteiger partial charge on any atom is 0.231 e.